The fraction of sp³-hybridized carbons (Fsp3) is 0.400. The Balaban J connectivity index is 2.02. The van der Waals surface area contributed by atoms with Crippen LogP contribution in [0.15, 0.2) is 42.7 Å². The van der Waals surface area contributed by atoms with Gasteiger partial charge in [0.1, 0.15) is 0 Å². The maximum atomic E-state index is 12.5. The lowest BCUT2D eigenvalue weighted by atomic mass is 10.1. The number of anilines is 1. The molecule has 0 saturated heterocycles. The summed E-state index contributed by atoms with van der Waals surface area (Å²) >= 11 is 0. The van der Waals surface area contributed by atoms with Gasteiger partial charge in [-0.25, -0.2) is 8.42 Å². The van der Waals surface area contributed by atoms with Gasteiger partial charge in [0.2, 0.25) is 15.9 Å². The van der Waals surface area contributed by atoms with E-state index in [2.05, 4.69) is 4.98 Å². The number of likely N-dealkylation sites (N-methyl/N-ethyl adjacent to an activating group) is 1. The molecule has 0 aliphatic carbocycles. The van der Waals surface area contributed by atoms with Crippen LogP contribution in [0.4, 0.5) is 5.69 Å². The Bertz CT molecular complexity index is 883. The normalized spacial score (nSPS) is 11.3. The minimum absolute atomic E-state index is 0.0805. The number of aryl methyl sites for hydroxylation is 1. The molecule has 0 N–H and O–H groups in total. The molecule has 0 unspecified atom stereocenters. The minimum Gasteiger partial charge on any atom is -0.345 e. The molecule has 0 atom stereocenters. The highest BCUT2D eigenvalue weighted by atomic mass is 32.2. The second-order valence-corrected chi connectivity index (χ2v) is 8.63. The van der Waals surface area contributed by atoms with Gasteiger partial charge in [0.05, 0.1) is 11.9 Å². The smallest absolute Gasteiger partial charge is 0.232 e. The summed E-state index contributed by atoms with van der Waals surface area (Å²) in [5.41, 5.74) is 3.66. The van der Waals surface area contributed by atoms with Gasteiger partial charge in [0.25, 0.3) is 0 Å². The number of nitrogens with zero attached hydrogens (tertiary/aromatic N) is 3. The summed E-state index contributed by atoms with van der Waals surface area (Å²) in [6.45, 7) is 4.54. The first-order valence-electron chi connectivity index (χ1n) is 8.87. The zero-order chi connectivity index (χ0) is 20.0. The lowest BCUT2D eigenvalue weighted by molar-refractivity contribution is -0.129. The van der Waals surface area contributed by atoms with Crippen LogP contribution in [0.5, 0.6) is 0 Å². The van der Waals surface area contributed by atoms with Crippen molar-refractivity contribution in [2.75, 3.05) is 30.7 Å². The maximum Gasteiger partial charge on any atom is 0.232 e. The Morgan fingerprint density at radius 1 is 1.07 bits per heavy atom. The number of rotatable bonds is 8. The highest BCUT2D eigenvalue weighted by Crippen LogP contribution is 2.25. The summed E-state index contributed by atoms with van der Waals surface area (Å²) in [6, 6.07) is 9.39. The third-order valence-electron chi connectivity index (χ3n) is 4.68. The molecule has 1 amide bonds. The molecular weight excluding hydrogens is 362 g/mol. The zero-order valence-corrected chi connectivity index (χ0v) is 17.2. The van der Waals surface area contributed by atoms with Crippen LogP contribution in [0.25, 0.3) is 0 Å². The standard InChI is InChI=1S/C20H27N3O3S/c1-16-6-5-7-19(17(16)2)23(27(4,25)26)15-11-20(24)22(3)14-10-18-8-12-21-13-9-18/h5-9,12-13H,10-11,14-15H2,1-4H3. The van der Waals surface area contributed by atoms with Gasteiger partial charge in [0, 0.05) is 39.0 Å². The number of aromatic nitrogens is 1. The van der Waals surface area contributed by atoms with E-state index in [-0.39, 0.29) is 18.9 Å². The van der Waals surface area contributed by atoms with Gasteiger partial charge >= 0.3 is 0 Å². The predicted molar refractivity (Wildman–Crippen MR) is 108 cm³/mol. The Kier molecular flexibility index (Phi) is 6.96. The van der Waals surface area contributed by atoms with Crippen LogP contribution < -0.4 is 4.31 Å². The molecule has 1 aromatic heterocycles. The van der Waals surface area contributed by atoms with Crippen molar-refractivity contribution < 1.29 is 13.2 Å². The zero-order valence-electron chi connectivity index (χ0n) is 16.3. The molecule has 2 aromatic rings. The SMILES string of the molecule is Cc1cccc(N(CCC(=O)N(C)CCc2ccncc2)S(C)(=O)=O)c1C. The van der Waals surface area contributed by atoms with Crippen molar-refractivity contribution in [1.82, 2.24) is 9.88 Å². The van der Waals surface area contributed by atoms with Crippen molar-refractivity contribution in [3.05, 3.63) is 59.4 Å². The van der Waals surface area contributed by atoms with E-state index in [0.717, 1.165) is 23.1 Å². The fourth-order valence-corrected chi connectivity index (χ4v) is 3.81. The summed E-state index contributed by atoms with van der Waals surface area (Å²) < 4.78 is 25.9. The van der Waals surface area contributed by atoms with Gasteiger partial charge in [-0.1, -0.05) is 12.1 Å². The third-order valence-corrected chi connectivity index (χ3v) is 5.86. The molecule has 0 fully saturated rings. The molecule has 27 heavy (non-hydrogen) atoms. The second kappa shape index (κ2) is 8.99. The first-order valence-corrected chi connectivity index (χ1v) is 10.7. The molecular formula is C20H27N3O3S. The van der Waals surface area contributed by atoms with Crippen LogP contribution in [-0.2, 0) is 21.2 Å². The predicted octanol–water partition coefficient (Wildman–Crippen LogP) is 2.56. The van der Waals surface area contributed by atoms with E-state index in [1.54, 1.807) is 30.4 Å². The maximum absolute atomic E-state index is 12.5. The molecule has 0 aliphatic rings. The number of benzene rings is 1. The highest BCUT2D eigenvalue weighted by molar-refractivity contribution is 7.92. The molecule has 0 radical (unpaired) electrons. The average Bonchev–Trinajstić information content (AvgIpc) is 2.62. The summed E-state index contributed by atoms with van der Waals surface area (Å²) in [5.74, 6) is -0.0805. The molecule has 0 saturated carbocycles. The topological polar surface area (TPSA) is 70.6 Å². The van der Waals surface area contributed by atoms with Crippen molar-refractivity contribution in [3.8, 4) is 0 Å². The van der Waals surface area contributed by atoms with E-state index in [1.165, 1.54) is 10.6 Å². The number of carbonyl (C=O) groups excluding carboxylic acids is 1. The minimum atomic E-state index is -3.48. The van der Waals surface area contributed by atoms with E-state index in [4.69, 9.17) is 0 Å². The average molecular weight is 390 g/mol. The number of amides is 1. The Hall–Kier alpha value is -2.41. The summed E-state index contributed by atoms with van der Waals surface area (Å²) in [6.07, 6.45) is 5.49. The fourth-order valence-electron chi connectivity index (χ4n) is 2.83. The van der Waals surface area contributed by atoms with Gasteiger partial charge < -0.3 is 4.90 Å². The Morgan fingerprint density at radius 3 is 2.37 bits per heavy atom. The number of hydrogen-bond acceptors (Lipinski definition) is 4. The lowest BCUT2D eigenvalue weighted by Gasteiger charge is -2.26. The van der Waals surface area contributed by atoms with Crippen LogP contribution in [0, 0.1) is 13.8 Å². The lowest BCUT2D eigenvalue weighted by Crippen LogP contribution is -2.36. The molecule has 0 spiro atoms. The highest BCUT2D eigenvalue weighted by Gasteiger charge is 2.21. The molecule has 6 nitrogen and oxygen atoms in total. The molecule has 0 aliphatic heterocycles. The summed E-state index contributed by atoms with van der Waals surface area (Å²) in [5, 5.41) is 0. The first-order chi connectivity index (χ1) is 12.7. The molecule has 1 heterocycles. The first kappa shape index (κ1) is 20.9. The van der Waals surface area contributed by atoms with E-state index >= 15 is 0 Å². The van der Waals surface area contributed by atoms with Crippen molar-refractivity contribution in [1.29, 1.82) is 0 Å². The van der Waals surface area contributed by atoms with Crippen molar-refractivity contribution >= 4 is 21.6 Å². The third kappa shape index (κ3) is 5.79. The molecule has 2 rings (SSSR count). The van der Waals surface area contributed by atoms with Crippen LogP contribution in [-0.4, -0.2) is 50.6 Å². The number of sulfonamides is 1. The quantitative estimate of drug-likeness (QED) is 0.696. The molecule has 0 bridgehead atoms. The van der Waals surface area contributed by atoms with Crippen molar-refractivity contribution in [3.63, 3.8) is 0 Å². The van der Waals surface area contributed by atoms with E-state index in [0.29, 0.717) is 12.2 Å². The van der Waals surface area contributed by atoms with Crippen LogP contribution in [0.3, 0.4) is 0 Å². The number of pyridine rings is 1. The van der Waals surface area contributed by atoms with Gasteiger partial charge in [0.15, 0.2) is 0 Å². The van der Waals surface area contributed by atoms with Crippen LogP contribution in [0.2, 0.25) is 0 Å². The van der Waals surface area contributed by atoms with Gasteiger partial charge in [-0.3, -0.25) is 14.1 Å². The van der Waals surface area contributed by atoms with E-state index < -0.39 is 10.0 Å². The largest absolute Gasteiger partial charge is 0.345 e. The number of carbonyl (C=O) groups is 1. The molecule has 146 valence electrons. The van der Waals surface area contributed by atoms with E-state index in [1.807, 2.05) is 38.1 Å². The Morgan fingerprint density at radius 2 is 1.74 bits per heavy atom. The van der Waals surface area contributed by atoms with Gasteiger partial charge in [-0.2, -0.15) is 0 Å². The second-order valence-electron chi connectivity index (χ2n) is 6.72. The van der Waals surface area contributed by atoms with Crippen molar-refractivity contribution in [2.24, 2.45) is 0 Å². The summed E-state index contributed by atoms with van der Waals surface area (Å²) in [4.78, 5) is 18.1. The molecule has 7 heteroatoms. The Labute approximate surface area is 161 Å². The number of hydrogen-bond donors (Lipinski definition) is 0. The van der Waals surface area contributed by atoms with Crippen LogP contribution in [0.1, 0.15) is 23.1 Å². The van der Waals surface area contributed by atoms with Crippen molar-refractivity contribution in [2.45, 2.75) is 26.7 Å². The van der Waals surface area contributed by atoms with Crippen LogP contribution >= 0.6 is 0 Å². The van der Waals surface area contributed by atoms with Gasteiger partial charge in [-0.15, -0.1) is 0 Å². The monoisotopic (exact) mass is 389 g/mol. The van der Waals surface area contributed by atoms with Gasteiger partial charge in [-0.05, 0) is 55.2 Å². The van der Waals surface area contributed by atoms with E-state index in [9.17, 15) is 13.2 Å². The summed E-state index contributed by atoms with van der Waals surface area (Å²) in [7, 11) is -1.74. The molecule has 1 aromatic carbocycles.